The molecule has 2 amide bonds. The van der Waals surface area contributed by atoms with Gasteiger partial charge in [-0.3, -0.25) is 9.59 Å². The van der Waals surface area contributed by atoms with Crippen LogP contribution in [0.15, 0.2) is 35.7 Å². The van der Waals surface area contributed by atoms with Crippen molar-refractivity contribution in [2.24, 2.45) is 11.3 Å². The van der Waals surface area contributed by atoms with Crippen molar-refractivity contribution in [2.45, 2.75) is 60.5 Å². The van der Waals surface area contributed by atoms with Crippen molar-refractivity contribution in [3.8, 4) is 0 Å². The molecule has 0 N–H and O–H groups in total. The molecule has 188 valence electrons. The summed E-state index contributed by atoms with van der Waals surface area (Å²) in [5.74, 6) is -0.255. The third kappa shape index (κ3) is 9.55. The molecule has 0 saturated heterocycles. The maximum Gasteiger partial charge on any atom is 0.242 e. The first-order valence-electron chi connectivity index (χ1n) is 11.8. The van der Waals surface area contributed by atoms with E-state index in [0.29, 0.717) is 32.7 Å². The molecule has 0 fully saturated rings. The molecule has 1 aromatic carbocycles. The van der Waals surface area contributed by atoms with Crippen molar-refractivity contribution >= 4 is 23.2 Å². The molecular formula is C27H39FN2O3S. The first-order valence-corrected chi connectivity index (χ1v) is 12.7. The van der Waals surface area contributed by atoms with E-state index in [2.05, 4.69) is 27.7 Å². The van der Waals surface area contributed by atoms with Gasteiger partial charge >= 0.3 is 0 Å². The van der Waals surface area contributed by atoms with Crippen LogP contribution < -0.4 is 0 Å². The minimum Gasteiger partial charge on any atom is -0.383 e. The molecule has 1 aromatic heterocycles. The Morgan fingerprint density at radius 1 is 1.06 bits per heavy atom. The summed E-state index contributed by atoms with van der Waals surface area (Å²) in [5.41, 5.74) is 2.11. The summed E-state index contributed by atoms with van der Waals surface area (Å²) >= 11 is 1.61. The SMILES string of the molecule is COCCN(CC(=O)N(Cc1ccc(F)cc1)Cc1sccc1C)C(=O)C[C@H](C)CC(C)(C)C. The zero-order valence-electron chi connectivity index (χ0n) is 21.4. The number of thiophene rings is 1. The number of nitrogens with zero attached hydrogens (tertiary/aromatic N) is 2. The minimum absolute atomic E-state index is 0.00392. The molecule has 0 aliphatic rings. The summed E-state index contributed by atoms with van der Waals surface area (Å²) < 4.78 is 18.6. The van der Waals surface area contributed by atoms with Crippen molar-refractivity contribution in [3.63, 3.8) is 0 Å². The monoisotopic (exact) mass is 490 g/mol. The third-order valence-electron chi connectivity index (χ3n) is 5.67. The number of aryl methyl sites for hydroxylation is 1. The Balaban J connectivity index is 2.17. The molecule has 0 radical (unpaired) electrons. The van der Waals surface area contributed by atoms with Gasteiger partial charge in [0.2, 0.25) is 11.8 Å². The second-order valence-electron chi connectivity index (χ2n) is 10.3. The number of carbonyl (C=O) groups is 2. The van der Waals surface area contributed by atoms with Gasteiger partial charge < -0.3 is 14.5 Å². The summed E-state index contributed by atoms with van der Waals surface area (Å²) in [6.45, 7) is 12.1. The summed E-state index contributed by atoms with van der Waals surface area (Å²) in [7, 11) is 1.59. The topological polar surface area (TPSA) is 49.9 Å². The van der Waals surface area contributed by atoms with Crippen LogP contribution >= 0.6 is 11.3 Å². The predicted octanol–water partition coefficient (Wildman–Crippen LogP) is 5.66. The van der Waals surface area contributed by atoms with Gasteiger partial charge in [-0.15, -0.1) is 11.3 Å². The number of benzene rings is 1. The zero-order chi connectivity index (χ0) is 25.3. The van der Waals surface area contributed by atoms with Crippen LogP contribution in [-0.2, 0) is 27.4 Å². The first-order chi connectivity index (χ1) is 16.0. The molecule has 0 bridgehead atoms. The highest BCUT2D eigenvalue weighted by Gasteiger charge is 2.25. The fraction of sp³-hybridized carbons (Fsp3) is 0.556. The van der Waals surface area contributed by atoms with Crippen LogP contribution in [0.5, 0.6) is 0 Å². The van der Waals surface area contributed by atoms with Crippen molar-refractivity contribution in [2.75, 3.05) is 26.8 Å². The first kappa shape index (κ1) is 28.0. The van der Waals surface area contributed by atoms with Crippen LogP contribution in [0.1, 0.15) is 56.5 Å². The molecule has 2 rings (SSSR count). The quantitative estimate of drug-likeness (QED) is 0.386. The van der Waals surface area contributed by atoms with Gasteiger partial charge in [-0.05, 0) is 59.4 Å². The Hall–Kier alpha value is -2.25. The van der Waals surface area contributed by atoms with Crippen molar-refractivity contribution in [3.05, 3.63) is 57.5 Å². The van der Waals surface area contributed by atoms with E-state index >= 15 is 0 Å². The Labute approximate surface area is 207 Å². The molecule has 0 saturated carbocycles. The largest absolute Gasteiger partial charge is 0.383 e. The fourth-order valence-corrected chi connectivity index (χ4v) is 5.00. The van der Waals surface area contributed by atoms with Crippen LogP contribution in [0.4, 0.5) is 4.39 Å². The molecule has 7 heteroatoms. The second-order valence-corrected chi connectivity index (χ2v) is 11.3. The van der Waals surface area contributed by atoms with E-state index < -0.39 is 0 Å². The Morgan fingerprint density at radius 2 is 1.74 bits per heavy atom. The van der Waals surface area contributed by atoms with Gasteiger partial charge in [0.05, 0.1) is 19.7 Å². The van der Waals surface area contributed by atoms with Gasteiger partial charge in [0.15, 0.2) is 0 Å². The summed E-state index contributed by atoms with van der Waals surface area (Å²) in [4.78, 5) is 31.1. The van der Waals surface area contributed by atoms with Crippen LogP contribution in [0.3, 0.4) is 0 Å². The molecule has 2 aromatic rings. The Morgan fingerprint density at radius 3 is 2.29 bits per heavy atom. The number of methoxy groups -OCH3 is 1. The molecule has 5 nitrogen and oxygen atoms in total. The number of rotatable bonds is 12. The fourth-order valence-electron chi connectivity index (χ4n) is 4.08. The highest BCUT2D eigenvalue weighted by molar-refractivity contribution is 7.10. The lowest BCUT2D eigenvalue weighted by atomic mass is 9.84. The van der Waals surface area contributed by atoms with Crippen LogP contribution in [0.2, 0.25) is 0 Å². The molecule has 0 unspecified atom stereocenters. The van der Waals surface area contributed by atoms with Crippen LogP contribution in [0, 0.1) is 24.1 Å². The lowest BCUT2D eigenvalue weighted by Crippen LogP contribution is -2.44. The molecule has 0 aliphatic heterocycles. The maximum atomic E-state index is 13.5. The summed E-state index contributed by atoms with van der Waals surface area (Å²) in [6.07, 6.45) is 1.33. The van der Waals surface area contributed by atoms with Gasteiger partial charge in [-0.1, -0.05) is 39.8 Å². The summed E-state index contributed by atoms with van der Waals surface area (Å²) in [6, 6.07) is 8.22. The second kappa shape index (κ2) is 13.0. The van der Waals surface area contributed by atoms with Crippen molar-refractivity contribution < 1.29 is 18.7 Å². The highest BCUT2D eigenvalue weighted by atomic mass is 32.1. The van der Waals surface area contributed by atoms with Crippen molar-refractivity contribution in [1.29, 1.82) is 0 Å². The smallest absolute Gasteiger partial charge is 0.242 e. The molecule has 0 aliphatic carbocycles. The molecule has 1 atom stereocenters. The Kier molecular flexibility index (Phi) is 10.7. The lowest BCUT2D eigenvalue weighted by molar-refractivity contribution is -0.142. The van der Waals surface area contributed by atoms with E-state index in [-0.39, 0.29) is 35.5 Å². The van der Waals surface area contributed by atoms with Gasteiger partial charge in [-0.2, -0.15) is 0 Å². The number of hydrogen-bond acceptors (Lipinski definition) is 4. The normalized spacial score (nSPS) is 12.4. The number of amides is 2. The molecular weight excluding hydrogens is 451 g/mol. The van der Waals surface area contributed by atoms with Gasteiger partial charge in [0.25, 0.3) is 0 Å². The van der Waals surface area contributed by atoms with Crippen molar-refractivity contribution in [1.82, 2.24) is 9.80 Å². The Bertz CT molecular complexity index is 921. The standard InChI is InChI=1S/C27H39FN2O3S/c1-20(16-27(3,4)5)15-25(31)29(12-13-33-6)19-26(32)30(18-24-21(2)11-14-34-24)17-22-7-9-23(28)10-8-22/h7-11,14,20H,12-13,15-19H2,1-6H3/t20-/m0/s1. The molecule has 1 heterocycles. The minimum atomic E-state index is -0.309. The predicted molar refractivity (Wildman–Crippen MR) is 136 cm³/mol. The molecule has 34 heavy (non-hydrogen) atoms. The molecule has 0 spiro atoms. The van der Waals surface area contributed by atoms with Crippen LogP contribution in [0.25, 0.3) is 0 Å². The van der Waals surface area contributed by atoms with E-state index in [1.165, 1.54) is 12.1 Å². The summed E-state index contributed by atoms with van der Waals surface area (Å²) in [5, 5.41) is 2.01. The van der Waals surface area contributed by atoms with Gasteiger partial charge in [0, 0.05) is 31.5 Å². The highest BCUT2D eigenvalue weighted by Crippen LogP contribution is 2.26. The number of ether oxygens (including phenoxy) is 1. The maximum absolute atomic E-state index is 13.5. The van der Waals surface area contributed by atoms with Gasteiger partial charge in [0.1, 0.15) is 5.82 Å². The number of halogens is 1. The van der Waals surface area contributed by atoms with Gasteiger partial charge in [-0.25, -0.2) is 4.39 Å². The van der Waals surface area contributed by atoms with E-state index in [1.54, 1.807) is 40.4 Å². The average Bonchev–Trinajstić information content (AvgIpc) is 3.14. The average molecular weight is 491 g/mol. The van der Waals surface area contributed by atoms with E-state index in [4.69, 9.17) is 4.74 Å². The van der Waals surface area contributed by atoms with E-state index in [9.17, 15) is 14.0 Å². The number of hydrogen-bond donors (Lipinski definition) is 0. The zero-order valence-corrected chi connectivity index (χ0v) is 22.2. The third-order valence-corrected chi connectivity index (χ3v) is 6.68. The van der Waals surface area contributed by atoms with E-state index in [0.717, 1.165) is 22.4 Å². The number of carbonyl (C=O) groups excluding carboxylic acids is 2. The van der Waals surface area contributed by atoms with Crippen LogP contribution in [-0.4, -0.2) is 48.4 Å². The lowest BCUT2D eigenvalue weighted by Gasteiger charge is -2.29. The van der Waals surface area contributed by atoms with E-state index in [1.807, 2.05) is 18.4 Å².